The molecule has 2 aromatic rings. The van der Waals surface area contributed by atoms with E-state index in [9.17, 15) is 39.9 Å². The monoisotopic (exact) mass is 468 g/mol. The first-order valence-electron chi connectivity index (χ1n) is 9.09. The molecule has 1 fully saturated rings. The number of hydrogen-bond donors (Lipinski definition) is 2. The van der Waals surface area contributed by atoms with Gasteiger partial charge in [0.25, 0.3) is 5.91 Å². The molecular weight excluding hydrogens is 452 g/mol. The Bertz CT molecular complexity index is 1050. The number of carbonyl (C=O) groups excluding carboxylic acids is 1. The van der Waals surface area contributed by atoms with E-state index >= 15 is 0 Å². The molecule has 13 heteroatoms. The molecule has 32 heavy (non-hydrogen) atoms. The van der Waals surface area contributed by atoms with Crippen molar-refractivity contribution in [2.45, 2.75) is 37.2 Å². The lowest BCUT2D eigenvalue weighted by Gasteiger charge is -2.20. The Kier molecular flexibility index (Phi) is 5.72. The lowest BCUT2D eigenvalue weighted by Crippen LogP contribution is -2.36. The number of rotatable bonds is 6. The first-order valence-corrected chi connectivity index (χ1v) is 9.09. The Balaban J connectivity index is 1.98. The van der Waals surface area contributed by atoms with Crippen LogP contribution in [0.3, 0.4) is 0 Å². The Morgan fingerprint density at radius 1 is 1.12 bits per heavy atom. The van der Waals surface area contributed by atoms with Crippen molar-refractivity contribution < 1.29 is 39.9 Å². The van der Waals surface area contributed by atoms with Crippen LogP contribution in [0.5, 0.6) is 0 Å². The third-order valence-electron chi connectivity index (χ3n) is 4.60. The second kappa shape index (κ2) is 7.78. The number of alkyl halides is 8. The maximum Gasteiger partial charge on any atom is 0.459 e. The van der Waals surface area contributed by atoms with E-state index in [1.807, 2.05) is 0 Å². The van der Waals surface area contributed by atoms with Gasteiger partial charge in [0.2, 0.25) is 0 Å². The molecule has 0 aliphatic heterocycles. The summed E-state index contributed by atoms with van der Waals surface area (Å²) >= 11 is 0. The van der Waals surface area contributed by atoms with Gasteiger partial charge in [-0.2, -0.15) is 40.2 Å². The highest BCUT2D eigenvalue weighted by Crippen LogP contribution is 2.49. The summed E-state index contributed by atoms with van der Waals surface area (Å²) in [6, 6.07) is 5.53. The number of nitrogens with zero attached hydrogens (tertiary/aromatic N) is 2. The second-order valence-corrected chi connectivity index (χ2v) is 7.20. The molecular formula is C19H16F8N4O. The lowest BCUT2D eigenvalue weighted by atomic mass is 10.1. The summed E-state index contributed by atoms with van der Waals surface area (Å²) in [6.07, 6.45) is -10.2. The van der Waals surface area contributed by atoms with Crippen molar-refractivity contribution >= 4 is 17.3 Å². The van der Waals surface area contributed by atoms with Crippen LogP contribution >= 0.6 is 0 Å². The van der Waals surface area contributed by atoms with Gasteiger partial charge >= 0.3 is 18.3 Å². The van der Waals surface area contributed by atoms with Crippen LogP contribution in [0.1, 0.15) is 40.2 Å². The molecule has 1 aromatic carbocycles. The van der Waals surface area contributed by atoms with Crippen LogP contribution in [-0.4, -0.2) is 27.9 Å². The zero-order valence-corrected chi connectivity index (χ0v) is 16.3. The SMILES string of the molecule is C=C(Nc1cccc(C(=O)NC2CC2)c1)c1c(C(F)(F)F)c(C(F)(F)C(F)(F)F)nn1C. The van der Waals surface area contributed by atoms with Crippen LogP contribution in [0.2, 0.25) is 0 Å². The minimum atomic E-state index is -6.30. The maximum absolute atomic E-state index is 13.8. The summed E-state index contributed by atoms with van der Waals surface area (Å²) in [5.74, 6) is -6.28. The van der Waals surface area contributed by atoms with Gasteiger partial charge in [-0.05, 0) is 31.0 Å². The number of aromatic nitrogens is 2. The molecule has 0 unspecified atom stereocenters. The molecule has 1 aliphatic rings. The van der Waals surface area contributed by atoms with Gasteiger partial charge < -0.3 is 10.6 Å². The van der Waals surface area contributed by atoms with Crippen LogP contribution in [-0.2, 0) is 19.1 Å². The maximum atomic E-state index is 13.8. The summed E-state index contributed by atoms with van der Waals surface area (Å²) in [5.41, 5.74) is -6.25. The number of amides is 1. The molecule has 5 nitrogen and oxygen atoms in total. The summed E-state index contributed by atoms with van der Waals surface area (Å²) in [5, 5.41) is 7.96. The van der Waals surface area contributed by atoms with Gasteiger partial charge in [0.15, 0.2) is 5.69 Å². The van der Waals surface area contributed by atoms with Crippen molar-refractivity contribution in [2.75, 3.05) is 5.32 Å². The van der Waals surface area contributed by atoms with Gasteiger partial charge in [-0.3, -0.25) is 9.48 Å². The fourth-order valence-corrected chi connectivity index (χ4v) is 2.96. The van der Waals surface area contributed by atoms with Crippen molar-refractivity contribution in [2.24, 2.45) is 7.05 Å². The molecule has 0 spiro atoms. The van der Waals surface area contributed by atoms with Crippen molar-refractivity contribution in [3.05, 3.63) is 53.4 Å². The third-order valence-corrected chi connectivity index (χ3v) is 4.60. The van der Waals surface area contributed by atoms with Gasteiger partial charge in [0.1, 0.15) is 5.56 Å². The number of hydrogen-bond acceptors (Lipinski definition) is 3. The smallest absolute Gasteiger partial charge is 0.354 e. The van der Waals surface area contributed by atoms with Crippen molar-refractivity contribution in [1.29, 1.82) is 0 Å². The first kappa shape index (κ1) is 23.5. The molecule has 2 N–H and O–H groups in total. The Morgan fingerprint density at radius 3 is 2.28 bits per heavy atom. The minimum absolute atomic E-state index is 0.0478. The van der Waals surface area contributed by atoms with E-state index < -0.39 is 46.8 Å². The number of halogens is 8. The van der Waals surface area contributed by atoms with Crippen LogP contribution in [0.15, 0.2) is 30.8 Å². The molecule has 1 aromatic heterocycles. The van der Waals surface area contributed by atoms with Crippen LogP contribution in [0.25, 0.3) is 5.70 Å². The number of carbonyl (C=O) groups is 1. The zero-order chi connectivity index (χ0) is 24.1. The number of nitrogens with one attached hydrogen (secondary N) is 2. The molecule has 0 bridgehead atoms. The second-order valence-electron chi connectivity index (χ2n) is 7.20. The van der Waals surface area contributed by atoms with Crippen LogP contribution in [0.4, 0.5) is 40.8 Å². The van der Waals surface area contributed by atoms with Gasteiger partial charge in [-0.15, -0.1) is 0 Å². The summed E-state index contributed by atoms with van der Waals surface area (Å²) in [6.45, 7) is 3.35. The zero-order valence-electron chi connectivity index (χ0n) is 16.3. The van der Waals surface area contributed by atoms with E-state index in [2.05, 4.69) is 22.3 Å². The van der Waals surface area contributed by atoms with E-state index in [4.69, 9.17) is 0 Å². The number of anilines is 1. The predicted octanol–water partition coefficient (Wildman–Crippen LogP) is 5.07. The average molecular weight is 468 g/mol. The summed E-state index contributed by atoms with van der Waals surface area (Å²) < 4.78 is 107. The number of benzene rings is 1. The van der Waals surface area contributed by atoms with E-state index in [1.165, 1.54) is 24.3 Å². The van der Waals surface area contributed by atoms with Crippen molar-refractivity contribution in [1.82, 2.24) is 15.1 Å². The predicted molar refractivity (Wildman–Crippen MR) is 97.7 cm³/mol. The molecule has 0 atom stereocenters. The third kappa shape index (κ3) is 4.55. The standard InChI is InChI=1S/C19H16F8N4O/c1-9(28-12-5-3-4-10(8-12)16(32)29-11-6-7-11)14-13(18(22,23)24)15(30-31(14)2)17(20,21)19(25,26)27/h3-5,8,11,28H,1,6-7H2,2H3,(H,29,32). The normalized spacial score (nSPS) is 14.9. The largest absolute Gasteiger partial charge is 0.459 e. The fourth-order valence-electron chi connectivity index (χ4n) is 2.96. The van der Waals surface area contributed by atoms with Gasteiger partial charge in [-0.25, -0.2) is 0 Å². The quantitative estimate of drug-likeness (QED) is 0.583. The lowest BCUT2D eigenvalue weighted by molar-refractivity contribution is -0.292. The van der Waals surface area contributed by atoms with E-state index in [0.717, 1.165) is 19.9 Å². The fraction of sp³-hybridized carbons (Fsp3) is 0.368. The first-order chi connectivity index (χ1) is 14.6. The minimum Gasteiger partial charge on any atom is -0.354 e. The molecule has 174 valence electrons. The molecule has 0 radical (unpaired) electrons. The van der Waals surface area contributed by atoms with Crippen molar-refractivity contribution in [3.63, 3.8) is 0 Å². The van der Waals surface area contributed by atoms with Crippen molar-refractivity contribution in [3.8, 4) is 0 Å². The van der Waals surface area contributed by atoms with E-state index in [0.29, 0.717) is 0 Å². The Labute approximate surface area is 176 Å². The van der Waals surface area contributed by atoms with Gasteiger partial charge in [-0.1, -0.05) is 12.6 Å². The van der Waals surface area contributed by atoms with Gasteiger partial charge in [0, 0.05) is 24.3 Å². The van der Waals surface area contributed by atoms with E-state index in [1.54, 1.807) is 0 Å². The molecule has 1 amide bonds. The van der Waals surface area contributed by atoms with Crippen LogP contribution in [0, 0.1) is 0 Å². The number of aryl methyl sites for hydroxylation is 1. The molecule has 3 rings (SSSR count). The van der Waals surface area contributed by atoms with E-state index in [-0.39, 0.29) is 22.0 Å². The highest BCUT2D eigenvalue weighted by Gasteiger charge is 2.64. The molecule has 0 saturated heterocycles. The topological polar surface area (TPSA) is 59.0 Å². The molecule has 1 aliphatic carbocycles. The summed E-state index contributed by atoms with van der Waals surface area (Å²) in [4.78, 5) is 12.1. The summed E-state index contributed by atoms with van der Waals surface area (Å²) in [7, 11) is 0.785. The molecule has 1 saturated carbocycles. The Morgan fingerprint density at radius 2 is 1.75 bits per heavy atom. The highest BCUT2D eigenvalue weighted by molar-refractivity contribution is 5.95. The highest BCUT2D eigenvalue weighted by atomic mass is 19.4. The average Bonchev–Trinajstić information content (AvgIpc) is 3.38. The Hall–Kier alpha value is -3.12. The van der Waals surface area contributed by atoms with Crippen LogP contribution < -0.4 is 10.6 Å². The van der Waals surface area contributed by atoms with Gasteiger partial charge in [0.05, 0.1) is 11.4 Å². The molecule has 1 heterocycles.